The van der Waals surface area contributed by atoms with Gasteiger partial charge in [0.25, 0.3) is 5.69 Å². The van der Waals surface area contributed by atoms with Gasteiger partial charge in [-0.3, -0.25) is 14.8 Å². The molecule has 6 heteroatoms. The van der Waals surface area contributed by atoms with E-state index in [1.165, 1.54) is 5.56 Å². The predicted octanol–water partition coefficient (Wildman–Crippen LogP) is 2.73. The van der Waals surface area contributed by atoms with Crippen LogP contribution in [0.15, 0.2) is 24.3 Å². The molecule has 0 bridgehead atoms. The molecule has 0 amide bonds. The van der Waals surface area contributed by atoms with E-state index in [2.05, 4.69) is 23.8 Å². The van der Waals surface area contributed by atoms with Crippen molar-refractivity contribution in [2.45, 2.75) is 32.7 Å². The summed E-state index contributed by atoms with van der Waals surface area (Å²) in [5.41, 5.74) is 4.63. The summed E-state index contributed by atoms with van der Waals surface area (Å²) in [7, 11) is 0. The molecule has 1 N–H and O–H groups in total. The van der Waals surface area contributed by atoms with E-state index in [-0.39, 0.29) is 16.7 Å². The first kappa shape index (κ1) is 14.7. The second kappa shape index (κ2) is 5.88. The molecule has 1 aliphatic heterocycles. The lowest BCUT2D eigenvalue weighted by molar-refractivity contribution is -0.384. The Kier molecular flexibility index (Phi) is 3.94. The van der Waals surface area contributed by atoms with E-state index in [0.717, 1.165) is 42.9 Å². The molecule has 0 saturated carbocycles. The molecule has 2 heterocycles. The Morgan fingerprint density at radius 2 is 1.91 bits per heavy atom. The van der Waals surface area contributed by atoms with Gasteiger partial charge in [0.2, 0.25) is 0 Å². The van der Waals surface area contributed by atoms with Crippen LogP contribution in [-0.2, 0) is 12.8 Å². The van der Waals surface area contributed by atoms with Crippen LogP contribution in [0.3, 0.4) is 0 Å². The molecule has 0 radical (unpaired) electrons. The predicted molar refractivity (Wildman–Crippen MR) is 85.0 cm³/mol. The number of hydrogen-bond donors (Lipinski definition) is 1. The van der Waals surface area contributed by atoms with Gasteiger partial charge in [0.1, 0.15) is 0 Å². The lowest BCUT2D eigenvalue weighted by atomic mass is 10.0. The Balaban J connectivity index is 2.11. The first-order chi connectivity index (χ1) is 10.6. The number of non-ortho nitro benzene ring substituents is 1. The van der Waals surface area contributed by atoms with Gasteiger partial charge in [0.15, 0.2) is 0 Å². The molecule has 116 valence electrons. The lowest BCUT2D eigenvalue weighted by Gasteiger charge is -2.13. The van der Waals surface area contributed by atoms with Crippen molar-refractivity contribution in [1.82, 2.24) is 15.1 Å². The highest BCUT2D eigenvalue weighted by Crippen LogP contribution is 2.31. The molecular formula is C16H20N4O2. The van der Waals surface area contributed by atoms with Crippen molar-refractivity contribution in [3.05, 3.63) is 45.6 Å². The van der Waals surface area contributed by atoms with Crippen LogP contribution < -0.4 is 5.32 Å². The summed E-state index contributed by atoms with van der Waals surface area (Å²) in [6.07, 6.45) is 1.86. The highest BCUT2D eigenvalue weighted by molar-refractivity contribution is 5.66. The molecule has 6 nitrogen and oxygen atoms in total. The largest absolute Gasteiger partial charge is 0.316 e. The monoisotopic (exact) mass is 300 g/mol. The fourth-order valence-electron chi connectivity index (χ4n) is 2.95. The molecule has 0 fully saturated rings. The summed E-state index contributed by atoms with van der Waals surface area (Å²) in [5, 5.41) is 19.0. The fourth-order valence-corrected chi connectivity index (χ4v) is 2.95. The number of nitrogens with zero attached hydrogens (tertiary/aromatic N) is 3. The van der Waals surface area contributed by atoms with Crippen LogP contribution in [0.2, 0.25) is 0 Å². The number of benzene rings is 1. The highest BCUT2D eigenvalue weighted by atomic mass is 16.6. The van der Waals surface area contributed by atoms with Crippen molar-refractivity contribution in [1.29, 1.82) is 0 Å². The van der Waals surface area contributed by atoms with E-state index in [0.29, 0.717) is 0 Å². The summed E-state index contributed by atoms with van der Waals surface area (Å²) >= 11 is 0. The number of fused-ring (bicyclic) bond motifs is 1. The molecule has 0 saturated heterocycles. The maximum absolute atomic E-state index is 10.8. The van der Waals surface area contributed by atoms with Crippen molar-refractivity contribution in [2.24, 2.45) is 0 Å². The normalized spacial score (nSPS) is 14.7. The standard InChI is InChI=1S/C16H20N4O2/c1-11(2)19-16(12-3-5-13(6-4-12)20(21)22)14-7-9-17-10-8-15(14)18-19/h3-6,11,17H,7-10H2,1-2H3. The Bertz CT molecular complexity index is 689. The van der Waals surface area contributed by atoms with Crippen molar-refractivity contribution in [3.63, 3.8) is 0 Å². The SMILES string of the molecule is CC(C)n1nc2c(c1-c1ccc([N+](=O)[O-])cc1)CCNCC2. The highest BCUT2D eigenvalue weighted by Gasteiger charge is 2.22. The first-order valence-corrected chi connectivity index (χ1v) is 7.63. The van der Waals surface area contributed by atoms with E-state index in [9.17, 15) is 10.1 Å². The molecule has 3 rings (SSSR count). The molecule has 1 aromatic carbocycles. The third-order valence-electron chi connectivity index (χ3n) is 4.02. The van der Waals surface area contributed by atoms with Gasteiger partial charge >= 0.3 is 0 Å². The maximum Gasteiger partial charge on any atom is 0.269 e. The maximum atomic E-state index is 10.8. The van der Waals surface area contributed by atoms with Crippen molar-refractivity contribution in [2.75, 3.05) is 13.1 Å². The fraction of sp³-hybridized carbons (Fsp3) is 0.438. The van der Waals surface area contributed by atoms with Gasteiger partial charge < -0.3 is 5.32 Å². The number of nitrogens with one attached hydrogen (secondary N) is 1. The molecule has 0 spiro atoms. The molecule has 1 aromatic heterocycles. The molecule has 0 unspecified atom stereocenters. The Morgan fingerprint density at radius 3 is 2.55 bits per heavy atom. The topological polar surface area (TPSA) is 73.0 Å². The number of hydrogen-bond acceptors (Lipinski definition) is 4. The van der Waals surface area contributed by atoms with Crippen molar-refractivity contribution >= 4 is 5.69 Å². The minimum atomic E-state index is -0.367. The molecule has 1 aliphatic rings. The summed E-state index contributed by atoms with van der Waals surface area (Å²) < 4.78 is 2.05. The van der Waals surface area contributed by atoms with Crippen LogP contribution in [0.25, 0.3) is 11.3 Å². The Hall–Kier alpha value is -2.21. The lowest BCUT2D eigenvalue weighted by Crippen LogP contribution is -2.17. The minimum absolute atomic E-state index is 0.118. The van der Waals surface area contributed by atoms with Crippen LogP contribution >= 0.6 is 0 Å². The van der Waals surface area contributed by atoms with Gasteiger partial charge in [0.05, 0.1) is 16.3 Å². The van der Waals surface area contributed by atoms with Gasteiger partial charge in [0, 0.05) is 42.3 Å². The average Bonchev–Trinajstić information content (AvgIpc) is 2.71. The van der Waals surface area contributed by atoms with Crippen molar-refractivity contribution < 1.29 is 4.92 Å². The van der Waals surface area contributed by atoms with Crippen molar-refractivity contribution in [3.8, 4) is 11.3 Å². The third-order valence-corrected chi connectivity index (χ3v) is 4.02. The number of nitro groups is 1. The third kappa shape index (κ3) is 2.62. The first-order valence-electron chi connectivity index (χ1n) is 7.63. The summed E-state index contributed by atoms with van der Waals surface area (Å²) in [6.45, 7) is 6.11. The zero-order chi connectivity index (χ0) is 15.7. The summed E-state index contributed by atoms with van der Waals surface area (Å²) in [4.78, 5) is 10.5. The second-order valence-electron chi connectivity index (χ2n) is 5.87. The summed E-state index contributed by atoms with van der Waals surface area (Å²) in [5.74, 6) is 0. The molecule has 0 atom stereocenters. The van der Waals surface area contributed by atoms with Gasteiger partial charge in [-0.2, -0.15) is 5.10 Å². The number of nitro benzene ring substituents is 1. The van der Waals surface area contributed by atoms with Gasteiger partial charge in [-0.1, -0.05) is 0 Å². The zero-order valence-electron chi connectivity index (χ0n) is 12.9. The van der Waals surface area contributed by atoms with Crippen LogP contribution in [0.1, 0.15) is 31.1 Å². The minimum Gasteiger partial charge on any atom is -0.316 e. The van der Waals surface area contributed by atoms with E-state index in [4.69, 9.17) is 5.10 Å². The molecule has 0 aliphatic carbocycles. The molecule has 2 aromatic rings. The van der Waals surface area contributed by atoms with Gasteiger partial charge in [-0.25, -0.2) is 0 Å². The van der Waals surface area contributed by atoms with E-state index >= 15 is 0 Å². The molecule has 22 heavy (non-hydrogen) atoms. The van der Waals surface area contributed by atoms with Gasteiger partial charge in [-0.15, -0.1) is 0 Å². The quantitative estimate of drug-likeness (QED) is 0.698. The number of aromatic nitrogens is 2. The van der Waals surface area contributed by atoms with E-state index in [1.54, 1.807) is 12.1 Å². The molecular weight excluding hydrogens is 280 g/mol. The average molecular weight is 300 g/mol. The van der Waals surface area contributed by atoms with E-state index in [1.807, 2.05) is 12.1 Å². The smallest absolute Gasteiger partial charge is 0.269 e. The van der Waals surface area contributed by atoms with Gasteiger partial charge in [-0.05, 0) is 38.9 Å². The van der Waals surface area contributed by atoms with Crippen LogP contribution in [-0.4, -0.2) is 27.8 Å². The van der Waals surface area contributed by atoms with Crippen LogP contribution in [0, 0.1) is 10.1 Å². The zero-order valence-corrected chi connectivity index (χ0v) is 12.9. The Labute approximate surface area is 129 Å². The Morgan fingerprint density at radius 1 is 1.23 bits per heavy atom. The number of rotatable bonds is 3. The van der Waals surface area contributed by atoms with Crippen LogP contribution in [0.5, 0.6) is 0 Å². The summed E-state index contributed by atoms with van der Waals surface area (Å²) in [6, 6.07) is 7.03. The van der Waals surface area contributed by atoms with E-state index < -0.39 is 0 Å². The second-order valence-corrected chi connectivity index (χ2v) is 5.87. The van der Waals surface area contributed by atoms with Crippen LogP contribution in [0.4, 0.5) is 5.69 Å².